The summed E-state index contributed by atoms with van der Waals surface area (Å²) in [4.78, 5) is 25.7. The third-order valence-electron chi connectivity index (χ3n) is 6.16. The summed E-state index contributed by atoms with van der Waals surface area (Å²) in [6.45, 7) is -0.545. The van der Waals surface area contributed by atoms with Crippen LogP contribution in [0.2, 0.25) is 0 Å². The molecular weight excluding hydrogens is 524 g/mol. The van der Waals surface area contributed by atoms with Crippen molar-refractivity contribution in [1.29, 1.82) is 0 Å². The highest BCUT2D eigenvalue weighted by Gasteiger charge is 2.47. The molecule has 1 fully saturated rings. The number of hydrogen-bond donors (Lipinski definition) is 5. The highest BCUT2D eigenvalue weighted by atomic mass is 31.2. The number of phosphoric acid groups is 1. The number of halogens is 1. The Hall–Kier alpha value is -3.49. The first-order valence-electron chi connectivity index (χ1n) is 11.3. The Kier molecular flexibility index (Phi) is 6.88. The number of aliphatic hydroxyl groups excluding tert-OH is 2. The summed E-state index contributed by atoms with van der Waals surface area (Å²) in [6, 6.07) is 13.4. The van der Waals surface area contributed by atoms with Gasteiger partial charge in [-0.05, 0) is 17.2 Å². The second-order valence-corrected chi connectivity index (χ2v) is 9.96. The highest BCUT2D eigenvalue weighted by Crippen LogP contribution is 2.38. The predicted molar refractivity (Wildman–Crippen MR) is 126 cm³/mol. The molecule has 2 aromatic carbocycles. The first-order valence-corrected chi connectivity index (χ1v) is 12.8. The van der Waals surface area contributed by atoms with Gasteiger partial charge in [-0.3, -0.25) is 9.09 Å². The zero-order valence-electron chi connectivity index (χ0n) is 19.5. The molecule has 1 aliphatic rings. The van der Waals surface area contributed by atoms with Crippen LogP contribution >= 0.6 is 7.82 Å². The first kappa shape index (κ1) is 26.1. The maximum absolute atomic E-state index is 14.2. The van der Waals surface area contributed by atoms with Gasteiger partial charge in [-0.15, -0.1) is 0 Å². The Balaban J connectivity index is 1.47. The van der Waals surface area contributed by atoms with Gasteiger partial charge < -0.3 is 35.6 Å². The summed E-state index contributed by atoms with van der Waals surface area (Å²) in [6.07, 6.45) is -4.27. The first-order chi connectivity index (χ1) is 18.0. The van der Waals surface area contributed by atoms with E-state index in [4.69, 9.17) is 20.3 Å². The minimum Gasteiger partial charge on any atom is -0.856 e. The Morgan fingerprint density at radius 2 is 1.84 bits per heavy atom. The van der Waals surface area contributed by atoms with E-state index in [1.807, 2.05) is 0 Å². The number of nitrogen functional groups attached to an aromatic ring is 1. The molecule has 0 amide bonds. The molecule has 0 radical (unpaired) electrons. The molecular formula is C23H23FN5O8P. The lowest BCUT2D eigenvalue weighted by molar-refractivity contribution is -0.745. The average Bonchev–Trinajstić information content (AvgIpc) is 3.35. The number of nitrogens with zero attached hydrogens (tertiary/aromatic N) is 4. The van der Waals surface area contributed by atoms with Crippen molar-refractivity contribution in [3.63, 3.8) is 0 Å². The van der Waals surface area contributed by atoms with Gasteiger partial charge in [-0.1, -0.05) is 47.4 Å². The molecule has 0 spiro atoms. The fourth-order valence-corrected chi connectivity index (χ4v) is 4.73. The molecule has 1 saturated heterocycles. The number of anilines is 1. The van der Waals surface area contributed by atoms with Crippen molar-refractivity contribution >= 4 is 24.9 Å². The number of aliphatic hydroxyl groups is 2. The number of phosphoric ester groups is 1. The lowest BCUT2D eigenvalue weighted by Crippen LogP contribution is -2.46. The maximum atomic E-state index is 14.2. The Labute approximate surface area is 214 Å². The molecule has 2 aromatic heterocycles. The fraction of sp³-hybridized carbons (Fsp3) is 0.261. The monoisotopic (exact) mass is 547 g/mol. The van der Waals surface area contributed by atoms with Crippen molar-refractivity contribution in [1.82, 2.24) is 14.5 Å². The van der Waals surface area contributed by atoms with Gasteiger partial charge in [0, 0.05) is 11.4 Å². The molecule has 0 aliphatic carbocycles. The molecule has 200 valence electrons. The number of fused-ring (bicyclic) bond motifs is 1. The second kappa shape index (κ2) is 10.0. The number of imidazole rings is 1. The zero-order valence-corrected chi connectivity index (χ0v) is 20.4. The Morgan fingerprint density at radius 1 is 1.13 bits per heavy atom. The lowest BCUT2D eigenvalue weighted by Gasteiger charge is -2.14. The van der Waals surface area contributed by atoms with Gasteiger partial charge in [0.05, 0.1) is 13.2 Å². The van der Waals surface area contributed by atoms with Crippen LogP contribution in [-0.2, 0) is 20.4 Å². The number of ether oxygens (including phenoxy) is 1. The quantitative estimate of drug-likeness (QED) is 0.154. The van der Waals surface area contributed by atoms with Crippen LogP contribution < -0.4 is 15.4 Å². The van der Waals surface area contributed by atoms with Crippen molar-refractivity contribution in [3.8, 4) is 17.0 Å². The van der Waals surface area contributed by atoms with Crippen LogP contribution in [0.25, 0.3) is 22.3 Å². The molecule has 13 nitrogen and oxygen atoms in total. The molecule has 3 heterocycles. The molecule has 0 saturated carbocycles. The zero-order chi connectivity index (χ0) is 27.2. The maximum Gasteiger partial charge on any atom is 0.469 e. The van der Waals surface area contributed by atoms with Gasteiger partial charge in [0.15, 0.2) is 11.8 Å². The third-order valence-corrected chi connectivity index (χ3v) is 6.64. The minimum absolute atomic E-state index is 0.0123. The molecule has 4 aromatic rings. The van der Waals surface area contributed by atoms with Crippen molar-refractivity contribution in [2.24, 2.45) is 0 Å². The Bertz CT molecular complexity index is 1530. The van der Waals surface area contributed by atoms with E-state index in [0.29, 0.717) is 11.1 Å². The summed E-state index contributed by atoms with van der Waals surface area (Å²) in [7, 11) is -4.85. The van der Waals surface area contributed by atoms with Crippen molar-refractivity contribution in [3.05, 3.63) is 66.2 Å². The van der Waals surface area contributed by atoms with Crippen LogP contribution in [0.1, 0.15) is 11.8 Å². The topological polar surface area (TPSA) is 200 Å². The third kappa shape index (κ3) is 5.11. The summed E-state index contributed by atoms with van der Waals surface area (Å²) >= 11 is 0. The predicted octanol–water partition coefficient (Wildman–Crippen LogP) is -0.0425. The van der Waals surface area contributed by atoms with Gasteiger partial charge in [0.25, 0.3) is 5.95 Å². The number of nitrogens with two attached hydrogens (primary N) is 1. The summed E-state index contributed by atoms with van der Waals surface area (Å²) in [5, 5.41) is 33.8. The van der Waals surface area contributed by atoms with Crippen LogP contribution in [0.15, 0.2) is 54.9 Å². The van der Waals surface area contributed by atoms with Crippen molar-refractivity contribution < 1.29 is 47.9 Å². The molecule has 4 atom stereocenters. The van der Waals surface area contributed by atoms with Crippen molar-refractivity contribution in [2.75, 3.05) is 12.3 Å². The van der Waals surface area contributed by atoms with Crippen LogP contribution in [0, 0.1) is 5.82 Å². The normalized spacial score (nSPS) is 21.8. The Morgan fingerprint density at radius 3 is 2.53 bits per heavy atom. The molecule has 5 rings (SSSR count). The van der Waals surface area contributed by atoms with Crippen LogP contribution in [0.3, 0.4) is 0 Å². The molecule has 15 heteroatoms. The average molecular weight is 547 g/mol. The second-order valence-electron chi connectivity index (χ2n) is 8.72. The number of hydrogen-bond acceptors (Lipinski definition) is 9. The lowest BCUT2D eigenvalue weighted by atomic mass is 10.0. The van der Waals surface area contributed by atoms with E-state index in [9.17, 15) is 24.3 Å². The summed E-state index contributed by atoms with van der Waals surface area (Å²) in [5.74, 6) is -1.37. The van der Waals surface area contributed by atoms with E-state index >= 15 is 0 Å². The molecule has 6 N–H and O–H groups in total. The van der Waals surface area contributed by atoms with Crippen LogP contribution in [-0.4, -0.2) is 59.5 Å². The van der Waals surface area contributed by atoms with E-state index in [-0.39, 0.29) is 29.5 Å². The van der Waals surface area contributed by atoms with Gasteiger partial charge in [0.2, 0.25) is 6.23 Å². The van der Waals surface area contributed by atoms with Gasteiger partial charge in [0.1, 0.15) is 24.1 Å². The SMILES string of the molecule is Nc1nc([O-])c2c(n1)[n+]([C@H]1O[C@@H](COP(=O)(O)O)[C@H](O)[C@@H]1O)cn2Cc1ccc(-c2ccccc2F)cc1. The van der Waals surface area contributed by atoms with E-state index < -0.39 is 44.8 Å². The van der Waals surface area contributed by atoms with E-state index in [2.05, 4.69) is 14.5 Å². The smallest absolute Gasteiger partial charge is 0.469 e. The molecule has 0 unspecified atom stereocenters. The summed E-state index contributed by atoms with van der Waals surface area (Å²) in [5.41, 5.74) is 7.59. The number of benzene rings is 2. The number of aromatic nitrogens is 4. The number of rotatable bonds is 7. The molecule has 1 aliphatic heterocycles. The standard InChI is InChI=1S/C23H23FN5O8P/c24-15-4-2-1-3-14(15)13-7-5-12(6-8-13)9-28-11-29(20-17(28)21(32)27-23(25)26-20)22-19(31)18(30)16(37-22)10-36-38(33,34)35/h1-8,11,16,18-19,22,30-31H,9-10H2,(H4-,25,26,27,32,33,34,35)/t16-,18-,19-,22-/m0/s1. The largest absolute Gasteiger partial charge is 0.856 e. The van der Waals surface area contributed by atoms with E-state index in [0.717, 1.165) is 5.56 Å². The molecule has 0 bridgehead atoms. The van der Waals surface area contributed by atoms with Crippen molar-refractivity contribution in [2.45, 2.75) is 31.1 Å². The van der Waals surface area contributed by atoms with Gasteiger partial charge in [-0.25, -0.2) is 18.5 Å². The van der Waals surface area contributed by atoms with Gasteiger partial charge in [-0.2, -0.15) is 0 Å². The highest BCUT2D eigenvalue weighted by molar-refractivity contribution is 7.46. The summed E-state index contributed by atoms with van der Waals surface area (Å²) < 4.78 is 38.1. The van der Waals surface area contributed by atoms with E-state index in [1.54, 1.807) is 42.5 Å². The van der Waals surface area contributed by atoms with E-state index in [1.165, 1.54) is 21.5 Å². The van der Waals surface area contributed by atoms with Gasteiger partial charge >= 0.3 is 13.5 Å². The van der Waals surface area contributed by atoms with Crippen LogP contribution in [0.5, 0.6) is 5.88 Å². The fourth-order valence-electron chi connectivity index (χ4n) is 4.39. The minimum atomic E-state index is -4.85. The molecule has 38 heavy (non-hydrogen) atoms. The van der Waals surface area contributed by atoms with Crippen LogP contribution in [0.4, 0.5) is 10.3 Å².